The van der Waals surface area contributed by atoms with E-state index in [1.54, 1.807) is 13.1 Å². The first-order valence-electron chi connectivity index (χ1n) is 8.79. The first-order chi connectivity index (χ1) is 11.5. The standard InChI is InChI=1S/C18H27N3O3/c1-12-9-14(18(23)20(3)13(12)2)17(22)19-15-10-24-11-16(15)21-7-5-4-6-8-21/h9,15-16H,4-8,10-11H2,1-3H3,(H,19,22)/t15-,16-/m0/s1. The smallest absolute Gasteiger partial charge is 0.263 e. The van der Waals surface area contributed by atoms with Gasteiger partial charge in [-0.05, 0) is 51.4 Å². The summed E-state index contributed by atoms with van der Waals surface area (Å²) in [6.45, 7) is 7.09. The minimum absolute atomic E-state index is 0.0538. The number of likely N-dealkylation sites (tertiary alicyclic amines) is 1. The van der Waals surface area contributed by atoms with E-state index in [0.29, 0.717) is 13.2 Å². The number of nitrogens with zero attached hydrogens (tertiary/aromatic N) is 2. The number of carbonyl (C=O) groups excluding carboxylic acids is 1. The minimum Gasteiger partial charge on any atom is -0.378 e. The van der Waals surface area contributed by atoms with Crippen LogP contribution in [0.15, 0.2) is 10.9 Å². The normalized spacial score (nSPS) is 25.0. The predicted molar refractivity (Wildman–Crippen MR) is 92.4 cm³/mol. The van der Waals surface area contributed by atoms with E-state index in [2.05, 4.69) is 10.2 Å². The lowest BCUT2D eigenvalue weighted by molar-refractivity contribution is 0.0897. The summed E-state index contributed by atoms with van der Waals surface area (Å²) >= 11 is 0. The minimum atomic E-state index is -0.295. The first-order valence-corrected chi connectivity index (χ1v) is 8.79. The average Bonchev–Trinajstić information content (AvgIpc) is 3.05. The number of ether oxygens (including phenoxy) is 1. The van der Waals surface area contributed by atoms with Crippen LogP contribution in [-0.2, 0) is 11.8 Å². The number of amides is 1. The fraction of sp³-hybridized carbons (Fsp3) is 0.667. The van der Waals surface area contributed by atoms with Crippen molar-refractivity contribution in [1.29, 1.82) is 0 Å². The molecule has 0 radical (unpaired) electrons. The Morgan fingerprint density at radius 1 is 1.21 bits per heavy atom. The summed E-state index contributed by atoms with van der Waals surface area (Å²) in [5.74, 6) is -0.295. The molecule has 0 bridgehead atoms. The van der Waals surface area contributed by atoms with Crippen molar-refractivity contribution >= 4 is 5.91 Å². The molecule has 2 aliphatic heterocycles. The molecule has 1 amide bonds. The monoisotopic (exact) mass is 333 g/mol. The molecule has 24 heavy (non-hydrogen) atoms. The highest BCUT2D eigenvalue weighted by Gasteiger charge is 2.35. The van der Waals surface area contributed by atoms with E-state index in [4.69, 9.17) is 4.74 Å². The fourth-order valence-electron chi connectivity index (χ4n) is 3.68. The third-order valence-electron chi connectivity index (χ3n) is 5.44. The summed E-state index contributed by atoms with van der Waals surface area (Å²) in [5.41, 5.74) is 1.79. The summed E-state index contributed by atoms with van der Waals surface area (Å²) in [4.78, 5) is 27.5. The Hall–Kier alpha value is -1.66. The SMILES string of the molecule is Cc1cc(C(=O)N[C@H]2COC[C@@H]2N2CCCCC2)c(=O)n(C)c1C. The van der Waals surface area contributed by atoms with Crippen molar-refractivity contribution in [2.24, 2.45) is 7.05 Å². The van der Waals surface area contributed by atoms with E-state index >= 15 is 0 Å². The number of hydrogen-bond acceptors (Lipinski definition) is 4. The second-order valence-electron chi connectivity index (χ2n) is 6.97. The average molecular weight is 333 g/mol. The van der Waals surface area contributed by atoms with E-state index < -0.39 is 0 Å². The zero-order chi connectivity index (χ0) is 17.3. The lowest BCUT2D eigenvalue weighted by Crippen LogP contribution is -2.53. The molecule has 2 fully saturated rings. The Kier molecular flexibility index (Phi) is 5.06. The number of pyridine rings is 1. The molecule has 0 spiro atoms. The van der Waals surface area contributed by atoms with Gasteiger partial charge in [-0.25, -0.2) is 0 Å². The molecule has 0 aromatic carbocycles. The number of nitrogens with one attached hydrogen (secondary N) is 1. The second-order valence-corrected chi connectivity index (χ2v) is 6.97. The third-order valence-corrected chi connectivity index (χ3v) is 5.44. The van der Waals surface area contributed by atoms with Gasteiger partial charge in [0.1, 0.15) is 5.56 Å². The van der Waals surface area contributed by atoms with Crippen LogP contribution in [0.3, 0.4) is 0 Å². The van der Waals surface area contributed by atoms with Gasteiger partial charge in [0.2, 0.25) is 0 Å². The number of hydrogen-bond donors (Lipinski definition) is 1. The molecule has 1 aromatic rings. The highest BCUT2D eigenvalue weighted by molar-refractivity contribution is 5.94. The van der Waals surface area contributed by atoms with E-state index in [1.165, 1.54) is 23.8 Å². The maximum atomic E-state index is 12.7. The van der Waals surface area contributed by atoms with Crippen molar-refractivity contribution in [3.63, 3.8) is 0 Å². The Morgan fingerprint density at radius 3 is 2.62 bits per heavy atom. The molecule has 2 atom stereocenters. The highest BCUT2D eigenvalue weighted by Crippen LogP contribution is 2.19. The van der Waals surface area contributed by atoms with Crippen LogP contribution in [0.5, 0.6) is 0 Å². The van der Waals surface area contributed by atoms with Gasteiger partial charge >= 0.3 is 0 Å². The van der Waals surface area contributed by atoms with Gasteiger partial charge in [-0.15, -0.1) is 0 Å². The van der Waals surface area contributed by atoms with Crippen LogP contribution >= 0.6 is 0 Å². The molecule has 0 unspecified atom stereocenters. The van der Waals surface area contributed by atoms with Gasteiger partial charge in [0.25, 0.3) is 11.5 Å². The summed E-state index contributed by atoms with van der Waals surface area (Å²) in [6.07, 6.45) is 3.68. The Morgan fingerprint density at radius 2 is 1.92 bits per heavy atom. The number of piperidine rings is 1. The molecule has 6 nitrogen and oxygen atoms in total. The summed E-state index contributed by atoms with van der Waals surface area (Å²) in [7, 11) is 1.71. The van der Waals surface area contributed by atoms with Crippen LogP contribution < -0.4 is 10.9 Å². The molecule has 3 rings (SSSR count). The van der Waals surface area contributed by atoms with Crippen molar-refractivity contribution in [2.45, 2.75) is 45.2 Å². The third kappa shape index (κ3) is 3.26. The highest BCUT2D eigenvalue weighted by atomic mass is 16.5. The first kappa shape index (κ1) is 17.2. The molecule has 6 heteroatoms. The fourth-order valence-corrected chi connectivity index (χ4v) is 3.68. The second kappa shape index (κ2) is 7.07. The maximum absolute atomic E-state index is 12.7. The number of rotatable bonds is 3. The Labute approximate surface area is 142 Å². The van der Waals surface area contributed by atoms with Gasteiger partial charge in [-0.2, -0.15) is 0 Å². The molecule has 1 aromatic heterocycles. The van der Waals surface area contributed by atoms with E-state index in [1.807, 2.05) is 13.8 Å². The molecule has 2 saturated heterocycles. The van der Waals surface area contributed by atoms with E-state index in [0.717, 1.165) is 24.3 Å². The molecule has 1 N–H and O–H groups in total. The van der Waals surface area contributed by atoms with Gasteiger partial charge in [0, 0.05) is 12.7 Å². The van der Waals surface area contributed by atoms with E-state index in [9.17, 15) is 9.59 Å². The van der Waals surface area contributed by atoms with Crippen LogP contribution in [-0.4, -0.2) is 53.8 Å². The summed E-state index contributed by atoms with van der Waals surface area (Å²) in [6, 6.07) is 1.85. The predicted octanol–water partition coefficient (Wildman–Crippen LogP) is 0.985. The zero-order valence-corrected chi connectivity index (χ0v) is 14.8. The molecule has 3 heterocycles. The van der Waals surface area contributed by atoms with Crippen LogP contribution in [0.2, 0.25) is 0 Å². The molecule has 0 saturated carbocycles. The van der Waals surface area contributed by atoms with Gasteiger partial charge < -0.3 is 14.6 Å². The van der Waals surface area contributed by atoms with Crippen LogP contribution in [0.4, 0.5) is 0 Å². The summed E-state index contributed by atoms with van der Waals surface area (Å²) in [5, 5.41) is 3.04. The van der Waals surface area contributed by atoms with Crippen molar-refractivity contribution in [3.05, 3.63) is 33.2 Å². The molecule has 132 valence electrons. The molecular formula is C18H27N3O3. The number of aryl methyl sites for hydroxylation is 1. The summed E-state index contributed by atoms with van der Waals surface area (Å²) < 4.78 is 7.16. The molecule has 2 aliphatic rings. The Bertz CT molecular complexity index is 677. The van der Waals surface area contributed by atoms with Gasteiger partial charge in [-0.3, -0.25) is 14.5 Å². The molecular weight excluding hydrogens is 306 g/mol. The maximum Gasteiger partial charge on any atom is 0.263 e. The van der Waals surface area contributed by atoms with Gasteiger partial charge in [-0.1, -0.05) is 6.42 Å². The van der Waals surface area contributed by atoms with Crippen LogP contribution in [0.1, 0.15) is 40.9 Å². The van der Waals surface area contributed by atoms with Crippen molar-refractivity contribution in [3.8, 4) is 0 Å². The lowest BCUT2D eigenvalue weighted by atomic mass is 10.0. The van der Waals surface area contributed by atoms with Gasteiger partial charge in [0.15, 0.2) is 0 Å². The van der Waals surface area contributed by atoms with Crippen molar-refractivity contribution < 1.29 is 9.53 Å². The number of aromatic nitrogens is 1. The molecule has 0 aliphatic carbocycles. The van der Waals surface area contributed by atoms with Crippen LogP contribution in [0.25, 0.3) is 0 Å². The topological polar surface area (TPSA) is 63.6 Å². The quantitative estimate of drug-likeness (QED) is 0.896. The van der Waals surface area contributed by atoms with Gasteiger partial charge in [0.05, 0.1) is 25.3 Å². The Balaban J connectivity index is 1.76. The largest absolute Gasteiger partial charge is 0.378 e. The number of carbonyl (C=O) groups is 1. The lowest BCUT2D eigenvalue weighted by Gasteiger charge is -2.34. The van der Waals surface area contributed by atoms with Crippen molar-refractivity contribution in [1.82, 2.24) is 14.8 Å². The van der Waals surface area contributed by atoms with Crippen molar-refractivity contribution in [2.75, 3.05) is 26.3 Å². The van der Waals surface area contributed by atoms with E-state index in [-0.39, 0.29) is 29.1 Å². The zero-order valence-electron chi connectivity index (χ0n) is 14.8. The van der Waals surface area contributed by atoms with Crippen LogP contribution in [0, 0.1) is 13.8 Å².